The molecule has 0 radical (unpaired) electrons. The molecule has 1 unspecified atom stereocenters. The zero-order valence-electron chi connectivity index (χ0n) is 24.2. The third-order valence-electron chi connectivity index (χ3n) is 10.3. The molecule has 43 heavy (non-hydrogen) atoms. The summed E-state index contributed by atoms with van der Waals surface area (Å²) in [5.74, 6) is -0.845. The Labute approximate surface area is 260 Å². The van der Waals surface area contributed by atoms with E-state index < -0.39 is 22.9 Å². The minimum absolute atomic E-state index is 0.125. The highest BCUT2D eigenvalue weighted by Gasteiger charge is 2.72. The first-order valence-electron chi connectivity index (χ1n) is 15.0. The second kappa shape index (κ2) is 10.6. The van der Waals surface area contributed by atoms with Gasteiger partial charge in [-0.25, -0.2) is 4.98 Å². The predicted molar refractivity (Wildman–Crippen MR) is 163 cm³/mol. The highest BCUT2D eigenvalue weighted by atomic mass is 35.5. The maximum Gasteiger partial charge on any atom is 0.238 e. The summed E-state index contributed by atoms with van der Waals surface area (Å²) in [7, 11) is 0. The van der Waals surface area contributed by atoms with E-state index in [0.29, 0.717) is 28.9 Å². The molecule has 2 aromatic rings. The lowest BCUT2D eigenvalue weighted by Crippen LogP contribution is -2.61. The van der Waals surface area contributed by atoms with Crippen LogP contribution in [0.4, 0.5) is 5.69 Å². The van der Waals surface area contributed by atoms with E-state index in [2.05, 4.69) is 45.3 Å². The fourth-order valence-corrected chi connectivity index (χ4v) is 8.47. The van der Waals surface area contributed by atoms with Gasteiger partial charge in [-0.2, -0.15) is 0 Å². The van der Waals surface area contributed by atoms with Crippen molar-refractivity contribution in [2.75, 3.05) is 11.9 Å². The molecule has 1 saturated carbocycles. The van der Waals surface area contributed by atoms with Crippen LogP contribution in [-0.4, -0.2) is 59.8 Å². The summed E-state index contributed by atoms with van der Waals surface area (Å²) >= 11 is 12.9. The van der Waals surface area contributed by atoms with Crippen LogP contribution in [0.3, 0.4) is 0 Å². The number of carbonyl (C=O) groups is 2. The van der Waals surface area contributed by atoms with Gasteiger partial charge >= 0.3 is 0 Å². The SMILES string of the molecule is CC1(C)CCC2(CC1)N[C@@H](C(=O)N[C@@H]1CC[C@@H](C3NN=CO3)OC1)[C@H](c1ccnc(Cl)c1)[C@]21C(=O)Nc2cc(Cl)ccc21. The monoisotopic (exact) mass is 626 g/mol. The number of fused-ring (bicyclic) bond motifs is 3. The summed E-state index contributed by atoms with van der Waals surface area (Å²) < 4.78 is 11.5. The number of aromatic nitrogens is 1. The molecular weight excluding hydrogens is 591 g/mol. The van der Waals surface area contributed by atoms with Crippen LogP contribution in [0.5, 0.6) is 0 Å². The summed E-state index contributed by atoms with van der Waals surface area (Å²) in [4.78, 5) is 33.2. The van der Waals surface area contributed by atoms with Gasteiger partial charge in [0.15, 0.2) is 6.40 Å². The smallest absolute Gasteiger partial charge is 0.238 e. The Hall–Kier alpha value is -2.92. The number of hydrazone groups is 1. The van der Waals surface area contributed by atoms with Crippen LogP contribution in [0, 0.1) is 5.41 Å². The highest BCUT2D eigenvalue weighted by molar-refractivity contribution is 6.31. The standard InChI is InChI=1S/C31H36Cl2N6O4/c1-29(2)8-10-30(11-9-29)31(20-5-3-18(32)14-21(20)37-28(31)41)24(17-7-12-34-23(33)13-17)25(38-30)26(40)36-19-4-6-22(42-15-19)27-39-35-16-43-27/h3,5,7,12-14,16,19,22,24-25,27,38-39H,4,6,8-11,15H2,1-2H3,(H,36,40)(H,37,41)/t19-,22+,24+,25-,27?,31-/m1/s1. The van der Waals surface area contributed by atoms with E-state index in [4.69, 9.17) is 32.7 Å². The highest BCUT2D eigenvalue weighted by Crippen LogP contribution is 2.63. The van der Waals surface area contributed by atoms with Crippen molar-refractivity contribution in [3.63, 3.8) is 0 Å². The second-order valence-corrected chi connectivity index (χ2v) is 14.1. The van der Waals surface area contributed by atoms with Crippen molar-refractivity contribution in [3.8, 4) is 0 Å². The van der Waals surface area contributed by atoms with Crippen LogP contribution in [0.25, 0.3) is 0 Å². The molecule has 5 aliphatic rings. The maximum atomic E-state index is 14.6. The van der Waals surface area contributed by atoms with Crippen LogP contribution in [0.1, 0.15) is 69.4 Å². The molecule has 1 aromatic carbocycles. The summed E-state index contributed by atoms with van der Waals surface area (Å²) in [6, 6.07) is 8.35. The summed E-state index contributed by atoms with van der Waals surface area (Å²) in [6.07, 6.45) is 7.26. The van der Waals surface area contributed by atoms with Crippen molar-refractivity contribution in [1.29, 1.82) is 0 Å². The summed E-state index contributed by atoms with van der Waals surface area (Å²) in [6.45, 7) is 4.88. The largest absolute Gasteiger partial charge is 0.454 e. The van der Waals surface area contributed by atoms with Crippen LogP contribution in [0.15, 0.2) is 41.6 Å². The molecular formula is C31H36Cl2N6O4. The second-order valence-electron chi connectivity index (χ2n) is 13.3. The molecule has 3 fully saturated rings. The first-order chi connectivity index (χ1) is 20.6. The van der Waals surface area contributed by atoms with E-state index in [1.807, 2.05) is 18.2 Å². The van der Waals surface area contributed by atoms with Crippen LogP contribution in [-0.2, 0) is 24.5 Å². The van der Waals surface area contributed by atoms with E-state index in [1.165, 1.54) is 6.40 Å². The average Bonchev–Trinajstić information content (AvgIpc) is 3.68. The molecule has 4 N–H and O–H groups in total. The molecule has 2 spiro atoms. The van der Waals surface area contributed by atoms with E-state index >= 15 is 0 Å². The first-order valence-corrected chi connectivity index (χ1v) is 15.7. The quantitative estimate of drug-likeness (QED) is 0.374. The van der Waals surface area contributed by atoms with Gasteiger partial charge in [-0.1, -0.05) is 43.1 Å². The molecule has 2 saturated heterocycles. The number of nitrogens with zero attached hydrogens (tertiary/aromatic N) is 2. The van der Waals surface area contributed by atoms with Gasteiger partial charge in [0.25, 0.3) is 0 Å². The number of rotatable bonds is 4. The van der Waals surface area contributed by atoms with Crippen molar-refractivity contribution < 1.29 is 19.1 Å². The number of amides is 2. The molecule has 7 rings (SSSR count). The molecule has 6 atom stereocenters. The molecule has 228 valence electrons. The molecule has 0 bridgehead atoms. The fourth-order valence-electron chi connectivity index (χ4n) is 8.11. The normalized spacial score (nSPS) is 33.6. The van der Waals surface area contributed by atoms with Crippen molar-refractivity contribution in [3.05, 3.63) is 57.8 Å². The Bertz CT molecular complexity index is 1460. The van der Waals surface area contributed by atoms with E-state index in [0.717, 1.165) is 43.2 Å². The van der Waals surface area contributed by atoms with Gasteiger partial charge in [0.2, 0.25) is 18.0 Å². The van der Waals surface area contributed by atoms with Gasteiger partial charge in [0, 0.05) is 28.4 Å². The van der Waals surface area contributed by atoms with E-state index in [-0.39, 0.29) is 35.6 Å². The molecule has 4 aliphatic heterocycles. The maximum absolute atomic E-state index is 14.6. The van der Waals surface area contributed by atoms with E-state index in [9.17, 15) is 9.59 Å². The minimum atomic E-state index is -1.07. The van der Waals surface area contributed by atoms with Gasteiger partial charge in [-0.15, -0.1) is 5.10 Å². The number of halogens is 2. The van der Waals surface area contributed by atoms with Gasteiger partial charge in [-0.3, -0.25) is 20.3 Å². The molecule has 2 amide bonds. The van der Waals surface area contributed by atoms with Crippen molar-refractivity contribution in [2.45, 2.75) is 93.7 Å². The number of benzene rings is 1. The molecule has 1 aliphatic carbocycles. The Balaban J connectivity index is 1.28. The van der Waals surface area contributed by atoms with Crippen molar-refractivity contribution in [1.82, 2.24) is 21.0 Å². The van der Waals surface area contributed by atoms with Gasteiger partial charge in [0.1, 0.15) is 16.7 Å². The molecule has 12 heteroatoms. The topological polar surface area (TPSA) is 126 Å². The van der Waals surface area contributed by atoms with Gasteiger partial charge < -0.3 is 20.1 Å². The van der Waals surface area contributed by atoms with Gasteiger partial charge in [-0.05, 0) is 79.3 Å². The Morgan fingerprint density at radius 2 is 1.91 bits per heavy atom. The van der Waals surface area contributed by atoms with Gasteiger partial charge in [0.05, 0.1) is 18.7 Å². The van der Waals surface area contributed by atoms with E-state index in [1.54, 1.807) is 18.3 Å². The number of hydrogen-bond donors (Lipinski definition) is 4. The lowest BCUT2D eigenvalue weighted by atomic mass is 9.53. The van der Waals surface area contributed by atoms with Crippen molar-refractivity contribution in [2.24, 2.45) is 10.5 Å². The number of ether oxygens (including phenoxy) is 2. The summed E-state index contributed by atoms with van der Waals surface area (Å²) in [5, 5.41) is 15.0. The van der Waals surface area contributed by atoms with Crippen LogP contribution in [0.2, 0.25) is 10.2 Å². The zero-order chi connectivity index (χ0) is 30.0. The number of carbonyl (C=O) groups excluding carboxylic acids is 2. The molecule has 1 aromatic heterocycles. The first kappa shape index (κ1) is 28.8. The Morgan fingerprint density at radius 3 is 2.60 bits per heavy atom. The van der Waals surface area contributed by atoms with Crippen molar-refractivity contribution >= 4 is 47.1 Å². The Kier molecular flexibility index (Phi) is 7.11. The lowest BCUT2D eigenvalue weighted by Gasteiger charge is -2.50. The zero-order valence-corrected chi connectivity index (χ0v) is 25.7. The van der Waals surface area contributed by atoms with Crippen LogP contribution < -0.4 is 21.4 Å². The number of hydrogen-bond acceptors (Lipinski definition) is 8. The third-order valence-corrected chi connectivity index (χ3v) is 10.7. The minimum Gasteiger partial charge on any atom is -0.454 e. The predicted octanol–water partition coefficient (Wildman–Crippen LogP) is 4.23. The average molecular weight is 628 g/mol. The Morgan fingerprint density at radius 1 is 1.09 bits per heavy atom. The van der Waals surface area contributed by atoms with Crippen LogP contribution >= 0.6 is 23.2 Å². The third kappa shape index (κ3) is 4.69. The lowest BCUT2D eigenvalue weighted by molar-refractivity contribution is -0.126. The molecule has 5 heterocycles. The number of nitrogens with one attached hydrogen (secondary N) is 4. The molecule has 10 nitrogen and oxygen atoms in total. The summed E-state index contributed by atoms with van der Waals surface area (Å²) in [5.41, 5.74) is 3.61. The number of pyridine rings is 1. The number of anilines is 1. The fraction of sp³-hybridized carbons (Fsp3) is 0.548.